The number of aromatic nitrogens is 3. The lowest BCUT2D eigenvalue weighted by atomic mass is 10.2. The number of rotatable bonds is 2. The average Bonchev–Trinajstić information content (AvgIpc) is 2.90. The zero-order valence-electron chi connectivity index (χ0n) is 9.79. The van der Waals surface area contributed by atoms with Gasteiger partial charge in [0.15, 0.2) is 0 Å². The van der Waals surface area contributed by atoms with Crippen LogP contribution in [0.5, 0.6) is 0 Å². The van der Waals surface area contributed by atoms with Crippen LogP contribution in [0.3, 0.4) is 0 Å². The van der Waals surface area contributed by atoms with Gasteiger partial charge in [0.1, 0.15) is 17.3 Å². The minimum Gasteiger partial charge on any atom is -0.220 e. The van der Waals surface area contributed by atoms with Crippen LogP contribution in [0.4, 0.5) is 8.78 Å². The molecule has 1 heterocycles. The van der Waals surface area contributed by atoms with Gasteiger partial charge in [0, 0.05) is 5.56 Å². The summed E-state index contributed by atoms with van der Waals surface area (Å²) in [5.74, 6) is -0.600. The molecule has 5 heteroatoms. The van der Waals surface area contributed by atoms with Gasteiger partial charge in [-0.25, -0.2) is 13.5 Å². The average molecular weight is 257 g/mol. The van der Waals surface area contributed by atoms with Gasteiger partial charge in [0.2, 0.25) is 0 Å². The van der Waals surface area contributed by atoms with Gasteiger partial charge in [-0.3, -0.25) is 0 Å². The zero-order valence-corrected chi connectivity index (χ0v) is 9.79. The smallest absolute Gasteiger partial charge is 0.123 e. The first-order valence-electron chi connectivity index (χ1n) is 5.66. The molecule has 0 amide bonds. The summed E-state index contributed by atoms with van der Waals surface area (Å²) in [6.07, 6.45) is 1.71. The second-order valence-corrected chi connectivity index (χ2v) is 4.03. The predicted octanol–water partition coefficient (Wildman–Crippen LogP) is 3.21. The summed E-state index contributed by atoms with van der Waals surface area (Å²) in [5.41, 5.74) is 2.11. The number of hydrogen-bond donors (Lipinski definition) is 0. The highest BCUT2D eigenvalue weighted by molar-refractivity contribution is 5.57. The topological polar surface area (TPSA) is 30.7 Å². The molecule has 94 valence electrons. The molecule has 0 radical (unpaired) electrons. The van der Waals surface area contributed by atoms with Crippen molar-refractivity contribution in [3.63, 3.8) is 0 Å². The molecule has 2 aromatic carbocycles. The largest absolute Gasteiger partial charge is 0.220 e. The molecule has 0 aliphatic carbocycles. The van der Waals surface area contributed by atoms with Crippen LogP contribution < -0.4 is 0 Å². The van der Waals surface area contributed by atoms with E-state index in [1.165, 1.54) is 28.9 Å². The van der Waals surface area contributed by atoms with Gasteiger partial charge >= 0.3 is 0 Å². The van der Waals surface area contributed by atoms with Crippen molar-refractivity contribution in [3.05, 3.63) is 66.4 Å². The lowest BCUT2D eigenvalue weighted by Gasteiger charge is -1.98. The summed E-state index contributed by atoms with van der Waals surface area (Å²) < 4.78 is 27.2. The maximum absolute atomic E-state index is 12.8. The van der Waals surface area contributed by atoms with E-state index in [-0.39, 0.29) is 11.6 Å². The third kappa shape index (κ3) is 2.35. The number of halogens is 2. The quantitative estimate of drug-likeness (QED) is 0.705. The fourth-order valence-corrected chi connectivity index (χ4v) is 1.74. The van der Waals surface area contributed by atoms with Crippen LogP contribution in [-0.4, -0.2) is 15.0 Å². The molecule has 0 saturated carbocycles. The SMILES string of the molecule is Fc1ccc(-c2cn(-c3ccc(F)cc3)nn2)cc1. The Labute approximate surface area is 108 Å². The third-order valence-corrected chi connectivity index (χ3v) is 2.72. The van der Waals surface area contributed by atoms with E-state index in [1.54, 1.807) is 30.5 Å². The molecule has 0 N–H and O–H groups in total. The second-order valence-electron chi connectivity index (χ2n) is 4.03. The van der Waals surface area contributed by atoms with E-state index in [4.69, 9.17) is 0 Å². The molecule has 0 aliphatic heterocycles. The van der Waals surface area contributed by atoms with Gasteiger partial charge in [0.25, 0.3) is 0 Å². The molecule has 0 unspecified atom stereocenters. The van der Waals surface area contributed by atoms with Gasteiger partial charge < -0.3 is 0 Å². The molecule has 0 fully saturated rings. The van der Waals surface area contributed by atoms with E-state index in [9.17, 15) is 8.78 Å². The van der Waals surface area contributed by atoms with Crippen LogP contribution >= 0.6 is 0 Å². The molecular weight excluding hydrogens is 248 g/mol. The Bertz CT molecular complexity index is 627. The minimum atomic E-state index is -0.303. The molecule has 0 atom stereocenters. The fourth-order valence-electron chi connectivity index (χ4n) is 1.74. The molecule has 3 nitrogen and oxygen atoms in total. The number of nitrogens with zero attached hydrogens (tertiary/aromatic N) is 3. The van der Waals surface area contributed by atoms with Crippen molar-refractivity contribution < 1.29 is 8.78 Å². The van der Waals surface area contributed by atoms with Crippen LogP contribution in [0.1, 0.15) is 0 Å². The van der Waals surface area contributed by atoms with Gasteiger partial charge in [-0.1, -0.05) is 5.21 Å². The number of benzene rings is 2. The normalized spacial score (nSPS) is 10.6. The van der Waals surface area contributed by atoms with Crippen LogP contribution in [0.25, 0.3) is 16.9 Å². The summed E-state index contributed by atoms with van der Waals surface area (Å²) in [6, 6.07) is 11.9. The van der Waals surface area contributed by atoms with Crippen molar-refractivity contribution in [2.24, 2.45) is 0 Å². The van der Waals surface area contributed by atoms with Gasteiger partial charge in [-0.15, -0.1) is 5.10 Å². The van der Waals surface area contributed by atoms with Crippen molar-refractivity contribution in [3.8, 4) is 16.9 Å². The Hall–Kier alpha value is -2.56. The highest BCUT2D eigenvalue weighted by Gasteiger charge is 2.05. The first kappa shape index (κ1) is 11.5. The van der Waals surface area contributed by atoms with E-state index in [1.807, 2.05) is 0 Å². The van der Waals surface area contributed by atoms with Crippen LogP contribution in [0.2, 0.25) is 0 Å². The highest BCUT2D eigenvalue weighted by Crippen LogP contribution is 2.18. The van der Waals surface area contributed by atoms with E-state index in [0.29, 0.717) is 11.4 Å². The summed E-state index contributed by atoms with van der Waals surface area (Å²) in [4.78, 5) is 0. The van der Waals surface area contributed by atoms with Crippen LogP contribution in [0.15, 0.2) is 54.7 Å². The Kier molecular flexibility index (Phi) is 2.79. The molecule has 19 heavy (non-hydrogen) atoms. The third-order valence-electron chi connectivity index (χ3n) is 2.72. The molecule has 0 saturated heterocycles. The van der Waals surface area contributed by atoms with E-state index in [2.05, 4.69) is 10.3 Å². The first-order valence-corrected chi connectivity index (χ1v) is 5.66. The molecule has 3 rings (SSSR count). The van der Waals surface area contributed by atoms with Crippen LogP contribution in [0, 0.1) is 11.6 Å². The van der Waals surface area contributed by atoms with Gasteiger partial charge in [0.05, 0.1) is 11.9 Å². The molecule has 0 bridgehead atoms. The first-order chi connectivity index (χ1) is 9.22. The summed E-state index contributed by atoms with van der Waals surface area (Å²) >= 11 is 0. The van der Waals surface area contributed by atoms with Gasteiger partial charge in [-0.2, -0.15) is 0 Å². The molecular formula is C14H9F2N3. The molecule has 0 aliphatic rings. The summed E-state index contributed by atoms with van der Waals surface area (Å²) in [6.45, 7) is 0. The Morgan fingerprint density at radius 2 is 1.37 bits per heavy atom. The van der Waals surface area contributed by atoms with Crippen molar-refractivity contribution in [1.29, 1.82) is 0 Å². The molecule has 1 aromatic heterocycles. The summed E-state index contributed by atoms with van der Waals surface area (Å²) in [7, 11) is 0. The lowest BCUT2D eigenvalue weighted by molar-refractivity contribution is 0.626. The highest BCUT2D eigenvalue weighted by atomic mass is 19.1. The minimum absolute atomic E-state index is 0.297. The maximum atomic E-state index is 12.8. The zero-order chi connectivity index (χ0) is 13.2. The van der Waals surface area contributed by atoms with Crippen molar-refractivity contribution in [2.45, 2.75) is 0 Å². The maximum Gasteiger partial charge on any atom is 0.123 e. The van der Waals surface area contributed by atoms with E-state index >= 15 is 0 Å². The van der Waals surface area contributed by atoms with Crippen molar-refractivity contribution in [2.75, 3.05) is 0 Å². The Morgan fingerprint density at radius 1 is 0.789 bits per heavy atom. The molecule has 0 spiro atoms. The Morgan fingerprint density at radius 3 is 2.00 bits per heavy atom. The predicted molar refractivity (Wildman–Crippen MR) is 66.7 cm³/mol. The Balaban J connectivity index is 1.95. The fraction of sp³-hybridized carbons (Fsp3) is 0. The number of hydrogen-bond acceptors (Lipinski definition) is 2. The lowest BCUT2D eigenvalue weighted by Crippen LogP contribution is -1.94. The standard InChI is InChI=1S/C14H9F2N3/c15-11-3-1-10(2-4-11)14-9-19(18-17-14)13-7-5-12(16)6-8-13/h1-9H. The van der Waals surface area contributed by atoms with Crippen LogP contribution in [-0.2, 0) is 0 Å². The second kappa shape index (κ2) is 4.61. The van der Waals surface area contributed by atoms with E-state index in [0.717, 1.165) is 5.56 Å². The summed E-state index contributed by atoms with van der Waals surface area (Å²) in [5, 5.41) is 7.98. The molecule has 3 aromatic rings. The van der Waals surface area contributed by atoms with Gasteiger partial charge in [-0.05, 0) is 48.5 Å². The monoisotopic (exact) mass is 257 g/mol. The van der Waals surface area contributed by atoms with Crippen molar-refractivity contribution >= 4 is 0 Å². The van der Waals surface area contributed by atoms with E-state index < -0.39 is 0 Å². The van der Waals surface area contributed by atoms with Crippen molar-refractivity contribution in [1.82, 2.24) is 15.0 Å².